The fourth-order valence-electron chi connectivity index (χ4n) is 9.66. The number of nitrogens with one attached hydrogen (secondary N) is 2. The van der Waals surface area contributed by atoms with Crippen molar-refractivity contribution in [1.29, 1.82) is 0 Å². The van der Waals surface area contributed by atoms with Crippen LogP contribution in [0.15, 0.2) is 216 Å². The molecule has 0 aliphatic carbocycles. The first-order valence-electron chi connectivity index (χ1n) is 34.8. The number of hydrogen-bond donors (Lipinski definition) is 6. The SMILES string of the molecule is CC(C)(C)c1ccc(S(N)(=O)=O)cc1.COc1ccccc1Oc1c(Cl)nc(-c2ncccn2)nc1Cl.COc1ccccc1Oc1c(Cl)nc(-c2ncccn2)nc1NS(=O)(=O)c1ccc(C(C)(C)C)cc1.COc1ccccc1Oc1c(NS(=O)(=O)c2ccc(C(C)(C)C)cc2)nc(-c2ncccn2)nc1OCCO.OCCO.[Na+].[OH-]. The summed E-state index contributed by atoms with van der Waals surface area (Å²) in [6, 6.07) is 45.5. The van der Waals surface area contributed by atoms with Crippen LogP contribution in [0.1, 0.15) is 79.0 Å². The number of sulfonamides is 3. The summed E-state index contributed by atoms with van der Waals surface area (Å²) < 4.78 is 120. The molecule has 0 unspecified atom stereocenters. The Kier molecular flexibility index (Phi) is 35.8. The predicted molar refractivity (Wildman–Crippen MR) is 441 cm³/mol. The van der Waals surface area contributed by atoms with Crippen LogP contribution in [0.4, 0.5) is 11.6 Å². The van der Waals surface area contributed by atoms with Crippen LogP contribution in [-0.4, -0.2) is 154 Å². The van der Waals surface area contributed by atoms with E-state index in [9.17, 15) is 30.4 Å². The number of hydrogen-bond acceptors (Lipinski definition) is 29. The van der Waals surface area contributed by atoms with Gasteiger partial charge in [-0.25, -0.2) is 85.2 Å². The number of ether oxygens (including phenoxy) is 7. The number of aliphatic hydroxyl groups excluding tert-OH is 3. The average Bonchev–Trinajstić information content (AvgIpc) is 0.780. The van der Waals surface area contributed by atoms with E-state index in [1.54, 1.807) is 134 Å². The molecule has 618 valence electrons. The van der Waals surface area contributed by atoms with Gasteiger partial charge in [-0.15, -0.1) is 0 Å². The summed E-state index contributed by atoms with van der Waals surface area (Å²) >= 11 is 18.8. The predicted octanol–water partition coefficient (Wildman–Crippen LogP) is 11.2. The molecule has 0 spiro atoms. The van der Waals surface area contributed by atoms with E-state index in [2.05, 4.69) is 90.0 Å². The first kappa shape index (κ1) is 96.4. The van der Waals surface area contributed by atoms with E-state index in [-0.39, 0.29) is 177 Å². The minimum Gasteiger partial charge on any atom is -0.870 e. The van der Waals surface area contributed by atoms with Crippen LogP contribution in [0.2, 0.25) is 15.5 Å². The number of benzene rings is 6. The van der Waals surface area contributed by atoms with Crippen LogP contribution in [-0.2, 0) is 46.3 Å². The topological polar surface area (TPSA) is 462 Å². The molecular weight excluding hydrogens is 1660 g/mol. The number of anilines is 2. The number of nitrogens with zero attached hydrogens (tertiary/aromatic N) is 12. The molecule has 0 saturated carbocycles. The van der Waals surface area contributed by atoms with Gasteiger partial charge in [-0.05, 0) is 124 Å². The van der Waals surface area contributed by atoms with Gasteiger partial charge in [0.15, 0.2) is 79.1 Å². The molecule has 12 rings (SSSR count). The molecule has 6 aromatic carbocycles. The smallest absolute Gasteiger partial charge is 0.870 e. The molecule has 0 saturated heterocycles. The van der Waals surface area contributed by atoms with E-state index in [4.69, 9.17) is 83.3 Å². The molecule has 0 fully saturated rings. The summed E-state index contributed by atoms with van der Waals surface area (Å²) in [5, 5.41) is 29.6. The normalized spacial score (nSPS) is 11.2. The van der Waals surface area contributed by atoms with Crippen LogP contribution < -0.4 is 77.3 Å². The third-order valence-corrected chi connectivity index (χ3v) is 20.0. The van der Waals surface area contributed by atoms with Crippen molar-refractivity contribution in [2.45, 2.75) is 93.2 Å². The third kappa shape index (κ3) is 27.3. The number of aliphatic hydroxyl groups is 3. The Morgan fingerprint density at radius 2 is 0.644 bits per heavy atom. The molecule has 39 heteroatoms. The fraction of sp³-hybridized carbons (Fsp3) is 0.241. The second-order valence-electron chi connectivity index (χ2n) is 27.1. The first-order chi connectivity index (χ1) is 55.0. The number of para-hydroxylation sites is 6. The minimum absolute atomic E-state index is 0. The molecule has 0 atom stereocenters. The quantitative estimate of drug-likeness (QED) is 0.0256. The Bertz CT molecular complexity index is 5590. The number of aromatic nitrogens is 12. The molecule has 0 bridgehead atoms. The molecular formula is C79H85Cl3N15NaO17S3. The Morgan fingerprint density at radius 3 is 0.949 bits per heavy atom. The van der Waals surface area contributed by atoms with Gasteiger partial charge in [-0.1, -0.05) is 170 Å². The Hall–Kier alpha value is -10.5. The Labute approximate surface area is 720 Å². The minimum atomic E-state index is -4.14. The summed E-state index contributed by atoms with van der Waals surface area (Å²) in [5.74, 6) is 2.55. The first-order valence-corrected chi connectivity index (χ1v) is 40.5. The van der Waals surface area contributed by atoms with Crippen molar-refractivity contribution < 1.29 is 109 Å². The maximum Gasteiger partial charge on any atom is 1.00 e. The van der Waals surface area contributed by atoms with E-state index >= 15 is 0 Å². The van der Waals surface area contributed by atoms with Crippen molar-refractivity contribution in [1.82, 2.24) is 59.8 Å². The van der Waals surface area contributed by atoms with Crippen molar-refractivity contribution in [3.8, 4) is 92.6 Å². The molecule has 0 aliphatic heterocycles. The summed E-state index contributed by atoms with van der Waals surface area (Å²) in [4.78, 5) is 50.5. The monoisotopic (exact) mass is 1740 g/mol. The van der Waals surface area contributed by atoms with Gasteiger partial charge >= 0.3 is 29.6 Å². The van der Waals surface area contributed by atoms with Gasteiger partial charge in [-0.3, -0.25) is 9.44 Å². The number of halogens is 3. The molecule has 0 radical (unpaired) electrons. The van der Waals surface area contributed by atoms with Crippen LogP contribution in [0.25, 0.3) is 34.9 Å². The molecule has 8 N–H and O–H groups in total. The number of nitrogens with two attached hydrogens (primary N) is 1. The maximum absolute atomic E-state index is 13.5. The van der Waals surface area contributed by atoms with E-state index in [1.807, 2.05) is 47.6 Å². The van der Waals surface area contributed by atoms with Crippen LogP contribution >= 0.6 is 34.8 Å². The van der Waals surface area contributed by atoms with Crippen molar-refractivity contribution in [2.24, 2.45) is 5.14 Å². The van der Waals surface area contributed by atoms with Gasteiger partial charge in [-0.2, -0.15) is 4.98 Å². The van der Waals surface area contributed by atoms with Gasteiger partial charge < -0.3 is 54.0 Å². The fourth-order valence-corrected chi connectivity index (χ4v) is 12.9. The molecule has 6 aromatic heterocycles. The number of methoxy groups -OCH3 is 3. The van der Waals surface area contributed by atoms with E-state index in [1.165, 1.54) is 82.5 Å². The van der Waals surface area contributed by atoms with Crippen molar-refractivity contribution in [2.75, 3.05) is 57.2 Å². The van der Waals surface area contributed by atoms with Crippen LogP contribution in [0.5, 0.6) is 57.6 Å². The van der Waals surface area contributed by atoms with Crippen molar-refractivity contribution >= 4 is 76.5 Å². The average molecular weight is 1740 g/mol. The van der Waals surface area contributed by atoms with Crippen LogP contribution in [0, 0.1) is 0 Å². The van der Waals surface area contributed by atoms with Gasteiger partial charge in [0.25, 0.3) is 25.9 Å². The molecule has 12 aromatic rings. The van der Waals surface area contributed by atoms with Gasteiger partial charge in [0, 0.05) is 37.2 Å². The van der Waals surface area contributed by atoms with Crippen molar-refractivity contribution in [3.05, 3.63) is 233 Å². The maximum atomic E-state index is 13.5. The van der Waals surface area contributed by atoms with Gasteiger partial charge in [0.05, 0.1) is 55.8 Å². The largest absolute Gasteiger partial charge is 1.00 e. The van der Waals surface area contributed by atoms with E-state index < -0.39 is 30.1 Å². The van der Waals surface area contributed by atoms with Crippen LogP contribution in [0.3, 0.4) is 0 Å². The Balaban J connectivity index is 0.000000252. The van der Waals surface area contributed by atoms with Gasteiger partial charge in [0.2, 0.25) is 44.7 Å². The zero-order valence-corrected chi connectivity index (χ0v) is 73.0. The second kappa shape index (κ2) is 43.8. The standard InChI is InChI=1S/C27H29N5O6S.C25H24ClN5O4S.C15H10Cl2N4O2.C10H15NO2S.C2H6O2.Na.H2O/c1-27(2,3)18-10-12-19(13-11-18)39(34,35)32-23-22(38-21-9-6-5-8-20(21)36-4)26(37-17-16-33)31-25(30-23)24-28-14-7-15-29-24;1-25(2,3)16-10-12-17(13-11-16)36(32,33)31-22-20(35-19-9-6-5-8-18(19)34-4)21(26)29-24(30-22)23-27-14-7-15-28-23;1-22-9-5-2-3-6-10(9)23-11-12(16)20-15(21-13(11)17)14-18-7-4-8-19-14;1-10(2,3)8-4-6-9(7-5-8)14(11,12)13;3-1-2-4;;/h5-15,33H,16-17H2,1-4H3,(H,30,31,32);5-15H,1-4H3,(H,29,30,31);2-8H,1H3;4-7H,1-3H3,(H2,11,12,13);3-4H,1-2H2;;1H2/q;;;;;+1;/p-1. The van der Waals surface area contributed by atoms with Gasteiger partial charge in [0.1, 0.15) is 6.61 Å². The summed E-state index contributed by atoms with van der Waals surface area (Å²) in [6.45, 7) is 17.8. The molecule has 118 heavy (non-hydrogen) atoms. The summed E-state index contributed by atoms with van der Waals surface area (Å²) in [7, 11) is -7.28. The third-order valence-electron chi connectivity index (χ3n) is 15.6. The molecule has 0 aliphatic rings. The summed E-state index contributed by atoms with van der Waals surface area (Å²) in [5.41, 5.74) is 2.81. The van der Waals surface area contributed by atoms with E-state index in [0.29, 0.717) is 34.6 Å². The number of rotatable bonds is 23. The zero-order chi connectivity index (χ0) is 84.6. The number of primary sulfonamides is 1. The van der Waals surface area contributed by atoms with Crippen molar-refractivity contribution in [3.63, 3.8) is 0 Å². The summed E-state index contributed by atoms with van der Waals surface area (Å²) in [6.07, 6.45) is 9.18. The second-order valence-corrected chi connectivity index (χ2v) is 33.1. The molecule has 6 heterocycles. The molecule has 32 nitrogen and oxygen atoms in total. The van der Waals surface area contributed by atoms with E-state index in [0.717, 1.165) is 16.7 Å². The Morgan fingerprint density at radius 1 is 0.364 bits per heavy atom. The zero-order valence-electron chi connectivity index (χ0n) is 66.3. The molecule has 0 amide bonds.